The van der Waals surface area contributed by atoms with Gasteiger partial charge in [-0.25, -0.2) is 4.79 Å². The molecule has 1 aromatic rings. The van der Waals surface area contributed by atoms with Crippen molar-refractivity contribution in [2.45, 2.75) is 65.7 Å². The van der Waals surface area contributed by atoms with E-state index in [0.717, 1.165) is 36.8 Å². The van der Waals surface area contributed by atoms with E-state index in [9.17, 15) is 14.9 Å². The average molecular weight is 333 g/mol. The van der Waals surface area contributed by atoms with Crippen LogP contribution in [-0.2, 0) is 4.79 Å². The number of carbonyl (C=O) groups excluding carboxylic acids is 1. The molecule has 0 aliphatic heterocycles. The molecule has 24 heavy (non-hydrogen) atoms. The molecule has 1 rings (SSSR count). The van der Waals surface area contributed by atoms with Crippen molar-refractivity contribution in [2.24, 2.45) is 0 Å². The molecule has 0 saturated carbocycles. The van der Waals surface area contributed by atoms with Gasteiger partial charge in [-0.3, -0.25) is 10.1 Å². The zero-order valence-corrected chi connectivity index (χ0v) is 15.0. The number of nitro groups is 1. The molecule has 5 heteroatoms. The molecule has 0 bridgehead atoms. The van der Waals surface area contributed by atoms with Crippen molar-refractivity contribution < 1.29 is 14.5 Å². The number of carbonyl (C=O) groups is 1. The molecule has 0 saturated heterocycles. The van der Waals surface area contributed by atoms with Gasteiger partial charge in [-0.1, -0.05) is 51.7 Å². The van der Waals surface area contributed by atoms with Gasteiger partial charge < -0.3 is 4.74 Å². The van der Waals surface area contributed by atoms with Crippen LogP contribution >= 0.6 is 0 Å². The standard InChI is InChI=1S/C19H27NO4/c1-5-7-8-9-11-15(4)16-12-14(3)13-17(20(22)23)19(16)24-18(21)10-6-2/h6,10,12-13,15H,5,7-9,11H2,1-4H3. The first kappa shape index (κ1) is 19.9. The number of ether oxygens (including phenoxy) is 1. The summed E-state index contributed by atoms with van der Waals surface area (Å²) in [5, 5.41) is 11.4. The van der Waals surface area contributed by atoms with E-state index in [-0.39, 0.29) is 17.4 Å². The maximum atomic E-state index is 11.8. The van der Waals surface area contributed by atoms with Crippen LogP contribution in [0.2, 0.25) is 0 Å². The Balaban J connectivity index is 3.15. The highest BCUT2D eigenvalue weighted by atomic mass is 16.6. The van der Waals surface area contributed by atoms with Crippen LogP contribution in [0.4, 0.5) is 5.69 Å². The van der Waals surface area contributed by atoms with Gasteiger partial charge in [0.25, 0.3) is 0 Å². The zero-order chi connectivity index (χ0) is 18.1. The number of nitro benzene ring substituents is 1. The quantitative estimate of drug-likeness (QED) is 0.150. The van der Waals surface area contributed by atoms with E-state index < -0.39 is 10.9 Å². The van der Waals surface area contributed by atoms with Crippen molar-refractivity contribution in [1.82, 2.24) is 0 Å². The molecule has 0 heterocycles. The molecule has 5 nitrogen and oxygen atoms in total. The lowest BCUT2D eigenvalue weighted by Gasteiger charge is -2.17. The number of aryl methyl sites for hydroxylation is 1. The predicted molar refractivity (Wildman–Crippen MR) is 95.5 cm³/mol. The fraction of sp³-hybridized carbons (Fsp3) is 0.526. The second-order valence-corrected chi connectivity index (χ2v) is 6.13. The van der Waals surface area contributed by atoms with Crippen molar-refractivity contribution in [2.75, 3.05) is 0 Å². The first-order valence-corrected chi connectivity index (χ1v) is 8.54. The Hall–Kier alpha value is -2.17. The molecular weight excluding hydrogens is 306 g/mol. The second-order valence-electron chi connectivity index (χ2n) is 6.13. The molecule has 0 N–H and O–H groups in total. The summed E-state index contributed by atoms with van der Waals surface area (Å²) in [6, 6.07) is 3.33. The van der Waals surface area contributed by atoms with Gasteiger partial charge in [-0.05, 0) is 31.7 Å². The Morgan fingerprint density at radius 3 is 2.62 bits per heavy atom. The molecule has 0 aliphatic rings. The summed E-state index contributed by atoms with van der Waals surface area (Å²) >= 11 is 0. The maximum absolute atomic E-state index is 11.8. The summed E-state index contributed by atoms with van der Waals surface area (Å²) in [4.78, 5) is 22.7. The smallest absolute Gasteiger partial charge is 0.336 e. The van der Waals surface area contributed by atoms with E-state index in [1.807, 2.05) is 19.9 Å². The van der Waals surface area contributed by atoms with Gasteiger partial charge in [-0.15, -0.1) is 0 Å². The first-order valence-electron chi connectivity index (χ1n) is 8.54. The Bertz CT molecular complexity index is 608. The second kappa shape index (κ2) is 9.85. The third-order valence-electron chi connectivity index (χ3n) is 3.97. The number of rotatable bonds is 9. The summed E-state index contributed by atoms with van der Waals surface area (Å²) in [5.41, 5.74) is 1.38. The molecule has 0 radical (unpaired) electrons. The molecule has 0 aromatic heterocycles. The number of benzene rings is 1. The third-order valence-corrected chi connectivity index (χ3v) is 3.97. The number of hydrogen-bond donors (Lipinski definition) is 0. The highest BCUT2D eigenvalue weighted by molar-refractivity contribution is 5.85. The number of esters is 1. The first-order chi connectivity index (χ1) is 11.4. The Kier molecular flexibility index (Phi) is 8.16. The van der Waals surface area contributed by atoms with Crippen LogP contribution in [-0.4, -0.2) is 10.9 Å². The fourth-order valence-corrected chi connectivity index (χ4v) is 2.70. The summed E-state index contributed by atoms with van der Waals surface area (Å²) in [5.74, 6) is -0.422. The zero-order valence-electron chi connectivity index (χ0n) is 15.0. The van der Waals surface area contributed by atoms with E-state index >= 15 is 0 Å². The molecule has 1 atom stereocenters. The molecule has 1 unspecified atom stereocenters. The lowest BCUT2D eigenvalue weighted by atomic mass is 9.92. The molecule has 0 spiro atoms. The van der Waals surface area contributed by atoms with E-state index in [4.69, 9.17) is 4.74 Å². The highest BCUT2D eigenvalue weighted by Crippen LogP contribution is 2.38. The van der Waals surface area contributed by atoms with Crippen LogP contribution in [0.3, 0.4) is 0 Å². The summed E-state index contributed by atoms with van der Waals surface area (Å²) in [7, 11) is 0. The van der Waals surface area contributed by atoms with Crippen molar-refractivity contribution in [3.8, 4) is 5.75 Å². The summed E-state index contributed by atoms with van der Waals surface area (Å²) < 4.78 is 5.31. The lowest BCUT2D eigenvalue weighted by molar-refractivity contribution is -0.385. The van der Waals surface area contributed by atoms with Crippen LogP contribution in [0.15, 0.2) is 24.3 Å². The minimum atomic E-state index is -0.594. The monoisotopic (exact) mass is 333 g/mol. The number of nitrogens with zero attached hydrogens (tertiary/aromatic N) is 1. The molecule has 0 amide bonds. The SMILES string of the molecule is CC=CC(=O)Oc1c(C(C)CCCCCC)cc(C)cc1[N+](=O)[O-]. The van der Waals surface area contributed by atoms with Gasteiger partial charge in [0.1, 0.15) is 0 Å². The van der Waals surface area contributed by atoms with Crippen LogP contribution in [0.5, 0.6) is 5.75 Å². The maximum Gasteiger partial charge on any atom is 0.336 e. The molecular formula is C19H27NO4. The van der Waals surface area contributed by atoms with E-state index in [1.54, 1.807) is 13.0 Å². The van der Waals surface area contributed by atoms with Gasteiger partial charge in [0.15, 0.2) is 0 Å². The van der Waals surface area contributed by atoms with Crippen LogP contribution in [0.25, 0.3) is 0 Å². The third kappa shape index (κ3) is 5.80. The van der Waals surface area contributed by atoms with Crippen LogP contribution in [0, 0.1) is 17.0 Å². The van der Waals surface area contributed by atoms with Crippen LogP contribution < -0.4 is 4.74 Å². The topological polar surface area (TPSA) is 69.4 Å². The summed E-state index contributed by atoms with van der Waals surface area (Å²) in [6.07, 6.45) is 8.27. The van der Waals surface area contributed by atoms with Gasteiger partial charge in [-0.2, -0.15) is 0 Å². The van der Waals surface area contributed by atoms with Crippen molar-refractivity contribution in [1.29, 1.82) is 0 Å². The normalized spacial score (nSPS) is 12.3. The Labute approximate surface area is 143 Å². The van der Waals surface area contributed by atoms with Gasteiger partial charge in [0.05, 0.1) is 4.92 Å². The molecule has 1 aromatic carbocycles. The number of hydrogen-bond acceptors (Lipinski definition) is 4. The predicted octanol–water partition coefficient (Wildman–Crippen LogP) is 5.46. The molecule has 0 aliphatic carbocycles. The van der Waals surface area contributed by atoms with E-state index in [2.05, 4.69) is 6.92 Å². The molecule has 132 valence electrons. The lowest BCUT2D eigenvalue weighted by Crippen LogP contribution is -2.10. The fourth-order valence-electron chi connectivity index (χ4n) is 2.70. The number of unbranched alkanes of at least 4 members (excludes halogenated alkanes) is 3. The molecule has 0 fully saturated rings. The van der Waals surface area contributed by atoms with E-state index in [1.165, 1.54) is 18.6 Å². The minimum absolute atomic E-state index is 0.0803. The number of allylic oxidation sites excluding steroid dienone is 1. The van der Waals surface area contributed by atoms with Crippen molar-refractivity contribution in [3.05, 3.63) is 45.5 Å². The minimum Gasteiger partial charge on any atom is -0.416 e. The van der Waals surface area contributed by atoms with Gasteiger partial charge in [0, 0.05) is 17.7 Å². The van der Waals surface area contributed by atoms with Gasteiger partial charge in [0.2, 0.25) is 5.75 Å². The Morgan fingerprint density at radius 2 is 2.04 bits per heavy atom. The van der Waals surface area contributed by atoms with Crippen LogP contribution in [0.1, 0.15) is 69.9 Å². The van der Waals surface area contributed by atoms with Crippen molar-refractivity contribution in [3.63, 3.8) is 0 Å². The average Bonchev–Trinajstić information content (AvgIpc) is 2.52. The largest absolute Gasteiger partial charge is 0.416 e. The Morgan fingerprint density at radius 1 is 1.33 bits per heavy atom. The highest BCUT2D eigenvalue weighted by Gasteiger charge is 2.25. The summed E-state index contributed by atoms with van der Waals surface area (Å²) in [6.45, 7) is 7.70. The van der Waals surface area contributed by atoms with Gasteiger partial charge >= 0.3 is 11.7 Å². The van der Waals surface area contributed by atoms with E-state index in [0.29, 0.717) is 0 Å². The van der Waals surface area contributed by atoms with Crippen molar-refractivity contribution >= 4 is 11.7 Å².